The van der Waals surface area contributed by atoms with E-state index in [2.05, 4.69) is 16.6 Å². The first-order chi connectivity index (χ1) is 9.52. The second-order valence-electron chi connectivity index (χ2n) is 3.67. The largest absolute Gasteiger partial charge is 0.508 e. The van der Waals surface area contributed by atoms with Crippen molar-refractivity contribution in [1.29, 1.82) is 0 Å². The van der Waals surface area contributed by atoms with Gasteiger partial charge in [0.15, 0.2) is 6.61 Å². The summed E-state index contributed by atoms with van der Waals surface area (Å²) >= 11 is 0. The molecule has 3 N–H and O–H groups in total. The van der Waals surface area contributed by atoms with Gasteiger partial charge in [-0.3, -0.25) is 10.1 Å². The molecule has 0 aromatic heterocycles. The summed E-state index contributed by atoms with van der Waals surface area (Å²) in [6.07, 6.45) is 1.45. The van der Waals surface area contributed by atoms with E-state index in [0.29, 0.717) is 0 Å². The highest BCUT2D eigenvalue weighted by Crippen LogP contribution is 2.11. The van der Waals surface area contributed by atoms with Crippen molar-refractivity contribution in [2.75, 3.05) is 13.2 Å². The minimum absolute atomic E-state index is 0.0901. The molecule has 7 heteroatoms. The predicted molar refractivity (Wildman–Crippen MR) is 70.1 cm³/mol. The summed E-state index contributed by atoms with van der Waals surface area (Å²) in [5.74, 6) is -1.63. The highest BCUT2D eigenvalue weighted by atomic mass is 16.5. The van der Waals surface area contributed by atoms with Crippen LogP contribution in [-0.4, -0.2) is 36.2 Å². The second-order valence-corrected chi connectivity index (χ2v) is 3.67. The van der Waals surface area contributed by atoms with E-state index in [4.69, 9.17) is 0 Å². The third kappa shape index (κ3) is 5.21. The normalized spacial score (nSPS) is 9.40. The standard InChI is InChI=1S/C13H14N2O5/c1-2-6-14-13(19)15-11(17)8-20-12(18)9-4-3-5-10(16)7-9/h2-5,7,16H,1,6,8H2,(H2,14,15,17,19). The number of amides is 3. The number of esters is 1. The Kier molecular flexibility index (Phi) is 5.76. The molecule has 0 spiro atoms. The molecular weight excluding hydrogens is 264 g/mol. The van der Waals surface area contributed by atoms with E-state index in [9.17, 15) is 19.5 Å². The third-order valence-electron chi connectivity index (χ3n) is 2.08. The molecule has 7 nitrogen and oxygen atoms in total. The van der Waals surface area contributed by atoms with Crippen LogP contribution in [0.4, 0.5) is 4.79 Å². The molecule has 0 saturated heterocycles. The lowest BCUT2D eigenvalue weighted by atomic mass is 10.2. The Hall–Kier alpha value is -2.83. The summed E-state index contributed by atoms with van der Waals surface area (Å²) in [6.45, 7) is 3.00. The molecule has 0 radical (unpaired) electrons. The van der Waals surface area contributed by atoms with E-state index < -0.39 is 24.5 Å². The highest BCUT2D eigenvalue weighted by molar-refractivity contribution is 5.97. The van der Waals surface area contributed by atoms with E-state index >= 15 is 0 Å². The summed E-state index contributed by atoms with van der Waals surface area (Å²) in [6, 6.07) is 4.79. The Labute approximate surface area is 115 Å². The maximum absolute atomic E-state index is 11.5. The van der Waals surface area contributed by atoms with Crippen LogP contribution in [0, 0.1) is 0 Å². The summed E-state index contributed by atoms with van der Waals surface area (Å²) in [4.78, 5) is 33.9. The fraction of sp³-hybridized carbons (Fsp3) is 0.154. The van der Waals surface area contributed by atoms with Crippen molar-refractivity contribution in [3.05, 3.63) is 42.5 Å². The first-order valence-corrected chi connectivity index (χ1v) is 5.67. The molecular formula is C13H14N2O5. The minimum Gasteiger partial charge on any atom is -0.508 e. The quantitative estimate of drug-likeness (QED) is 0.539. The topological polar surface area (TPSA) is 105 Å². The molecule has 0 aliphatic heterocycles. The Morgan fingerprint density at radius 1 is 1.35 bits per heavy atom. The number of carbonyl (C=O) groups is 3. The van der Waals surface area contributed by atoms with Gasteiger partial charge in [-0.05, 0) is 18.2 Å². The average molecular weight is 278 g/mol. The number of urea groups is 1. The van der Waals surface area contributed by atoms with E-state index in [1.165, 1.54) is 30.3 Å². The monoisotopic (exact) mass is 278 g/mol. The van der Waals surface area contributed by atoms with Crippen molar-refractivity contribution in [2.24, 2.45) is 0 Å². The fourth-order valence-corrected chi connectivity index (χ4v) is 1.22. The maximum atomic E-state index is 11.5. The number of hydrogen-bond donors (Lipinski definition) is 3. The number of phenols is 1. The highest BCUT2D eigenvalue weighted by Gasteiger charge is 2.12. The number of benzene rings is 1. The number of imide groups is 1. The number of ether oxygens (including phenoxy) is 1. The first-order valence-electron chi connectivity index (χ1n) is 5.67. The van der Waals surface area contributed by atoms with Gasteiger partial charge in [-0.25, -0.2) is 9.59 Å². The van der Waals surface area contributed by atoms with Crippen molar-refractivity contribution in [3.8, 4) is 5.75 Å². The van der Waals surface area contributed by atoms with Crippen LogP contribution in [0.25, 0.3) is 0 Å². The number of carbonyl (C=O) groups excluding carboxylic acids is 3. The lowest BCUT2D eigenvalue weighted by molar-refractivity contribution is -0.123. The maximum Gasteiger partial charge on any atom is 0.338 e. The van der Waals surface area contributed by atoms with Gasteiger partial charge >= 0.3 is 12.0 Å². The van der Waals surface area contributed by atoms with E-state index in [1.807, 2.05) is 5.32 Å². The van der Waals surface area contributed by atoms with E-state index in [-0.39, 0.29) is 17.9 Å². The van der Waals surface area contributed by atoms with Crippen LogP contribution in [0.5, 0.6) is 5.75 Å². The van der Waals surface area contributed by atoms with Crippen LogP contribution >= 0.6 is 0 Å². The molecule has 0 unspecified atom stereocenters. The number of aromatic hydroxyl groups is 1. The van der Waals surface area contributed by atoms with Crippen LogP contribution in [0.2, 0.25) is 0 Å². The molecule has 1 rings (SSSR count). The number of phenolic OH excluding ortho intramolecular Hbond substituents is 1. The molecule has 0 saturated carbocycles. The van der Waals surface area contributed by atoms with Crippen molar-refractivity contribution in [2.45, 2.75) is 0 Å². The van der Waals surface area contributed by atoms with Gasteiger partial charge in [0.05, 0.1) is 5.56 Å². The van der Waals surface area contributed by atoms with Crippen LogP contribution in [0.1, 0.15) is 10.4 Å². The summed E-state index contributed by atoms with van der Waals surface area (Å²) in [5, 5.41) is 13.5. The zero-order valence-electron chi connectivity index (χ0n) is 10.6. The molecule has 0 bridgehead atoms. The van der Waals surface area contributed by atoms with Crippen molar-refractivity contribution < 1.29 is 24.2 Å². The number of hydrogen-bond acceptors (Lipinski definition) is 5. The van der Waals surface area contributed by atoms with Crippen LogP contribution in [-0.2, 0) is 9.53 Å². The van der Waals surface area contributed by atoms with Gasteiger partial charge in [-0.2, -0.15) is 0 Å². The fourth-order valence-electron chi connectivity index (χ4n) is 1.22. The predicted octanol–water partition coefficient (Wildman–Crippen LogP) is 0.561. The third-order valence-corrected chi connectivity index (χ3v) is 2.08. The van der Waals surface area contributed by atoms with Crippen molar-refractivity contribution in [3.63, 3.8) is 0 Å². The van der Waals surface area contributed by atoms with Crippen molar-refractivity contribution >= 4 is 17.9 Å². The van der Waals surface area contributed by atoms with Gasteiger partial charge < -0.3 is 15.2 Å². The Balaban J connectivity index is 2.39. The van der Waals surface area contributed by atoms with E-state index in [1.54, 1.807) is 0 Å². The molecule has 0 atom stereocenters. The van der Waals surface area contributed by atoms with Crippen LogP contribution < -0.4 is 10.6 Å². The van der Waals surface area contributed by atoms with Gasteiger partial charge in [-0.1, -0.05) is 12.1 Å². The number of nitrogens with one attached hydrogen (secondary N) is 2. The summed E-state index contributed by atoms with van der Waals surface area (Å²) in [7, 11) is 0. The van der Waals surface area contributed by atoms with Gasteiger partial charge in [0.1, 0.15) is 5.75 Å². The molecule has 1 aromatic carbocycles. The van der Waals surface area contributed by atoms with Gasteiger partial charge in [-0.15, -0.1) is 6.58 Å². The van der Waals surface area contributed by atoms with Gasteiger partial charge in [0.25, 0.3) is 5.91 Å². The molecule has 3 amide bonds. The Bertz CT molecular complexity index is 527. The smallest absolute Gasteiger partial charge is 0.338 e. The van der Waals surface area contributed by atoms with Crippen LogP contribution in [0.15, 0.2) is 36.9 Å². The average Bonchev–Trinajstić information content (AvgIpc) is 2.42. The molecule has 106 valence electrons. The van der Waals surface area contributed by atoms with Gasteiger partial charge in [0.2, 0.25) is 0 Å². The summed E-state index contributed by atoms with van der Waals surface area (Å²) < 4.78 is 4.69. The lowest BCUT2D eigenvalue weighted by Gasteiger charge is -2.06. The molecule has 0 fully saturated rings. The first kappa shape index (κ1) is 15.2. The van der Waals surface area contributed by atoms with Crippen molar-refractivity contribution in [1.82, 2.24) is 10.6 Å². The second kappa shape index (κ2) is 7.57. The Morgan fingerprint density at radius 3 is 2.75 bits per heavy atom. The lowest BCUT2D eigenvalue weighted by Crippen LogP contribution is -2.41. The molecule has 20 heavy (non-hydrogen) atoms. The zero-order chi connectivity index (χ0) is 15.0. The molecule has 0 heterocycles. The minimum atomic E-state index is -0.775. The SMILES string of the molecule is C=CCNC(=O)NC(=O)COC(=O)c1cccc(O)c1. The summed E-state index contributed by atoms with van der Waals surface area (Å²) in [5.41, 5.74) is 0.105. The molecule has 0 aliphatic rings. The Morgan fingerprint density at radius 2 is 2.10 bits per heavy atom. The van der Waals surface area contributed by atoms with E-state index in [0.717, 1.165) is 0 Å². The number of rotatable bonds is 5. The molecule has 1 aromatic rings. The zero-order valence-corrected chi connectivity index (χ0v) is 10.6. The van der Waals surface area contributed by atoms with Gasteiger partial charge in [0, 0.05) is 6.54 Å². The molecule has 0 aliphatic carbocycles. The van der Waals surface area contributed by atoms with Crippen LogP contribution in [0.3, 0.4) is 0 Å².